The number of benzene rings is 2. The van der Waals surface area contributed by atoms with Crippen molar-refractivity contribution in [2.24, 2.45) is 0 Å². The van der Waals surface area contributed by atoms with Crippen LogP contribution in [-0.4, -0.2) is 48.4 Å². The molecule has 0 radical (unpaired) electrons. The van der Waals surface area contributed by atoms with Crippen molar-refractivity contribution in [2.75, 3.05) is 27.4 Å². The van der Waals surface area contributed by atoms with E-state index in [4.69, 9.17) is 18.9 Å². The van der Waals surface area contributed by atoms with Crippen molar-refractivity contribution in [2.45, 2.75) is 6.92 Å². The lowest BCUT2D eigenvalue weighted by Crippen LogP contribution is -2.05. The summed E-state index contributed by atoms with van der Waals surface area (Å²) in [5.74, 6) is 1.27. The second kappa shape index (κ2) is 8.38. The number of hydrogen-bond donors (Lipinski definition) is 1. The van der Waals surface area contributed by atoms with E-state index in [-0.39, 0.29) is 5.97 Å². The van der Waals surface area contributed by atoms with Crippen molar-refractivity contribution in [3.8, 4) is 28.5 Å². The summed E-state index contributed by atoms with van der Waals surface area (Å²) in [5, 5.41) is 1.69. The van der Waals surface area contributed by atoms with Gasteiger partial charge in [0.05, 0.1) is 24.9 Å². The van der Waals surface area contributed by atoms with Crippen LogP contribution < -0.4 is 14.2 Å². The zero-order chi connectivity index (χ0) is 21.1. The van der Waals surface area contributed by atoms with E-state index in [0.717, 1.165) is 33.1 Å². The summed E-state index contributed by atoms with van der Waals surface area (Å²) in [6, 6.07) is 9.11. The summed E-state index contributed by atoms with van der Waals surface area (Å²) in [6.07, 6.45) is 3.39. The molecule has 2 heterocycles. The number of nitrogens with one attached hydrogen (secondary N) is 1. The van der Waals surface area contributed by atoms with Crippen molar-refractivity contribution < 1.29 is 23.7 Å². The Labute approximate surface area is 172 Å². The first-order chi connectivity index (χ1) is 14.6. The van der Waals surface area contributed by atoms with Gasteiger partial charge in [0.15, 0.2) is 11.5 Å². The van der Waals surface area contributed by atoms with E-state index in [0.29, 0.717) is 30.5 Å². The van der Waals surface area contributed by atoms with Gasteiger partial charge in [0.1, 0.15) is 18.7 Å². The van der Waals surface area contributed by atoms with Gasteiger partial charge >= 0.3 is 5.97 Å². The minimum atomic E-state index is -0.371. The second-order valence-corrected chi connectivity index (χ2v) is 6.59. The fourth-order valence-corrected chi connectivity index (χ4v) is 3.31. The summed E-state index contributed by atoms with van der Waals surface area (Å²) >= 11 is 0. The first kappa shape index (κ1) is 19.7. The molecule has 0 amide bonds. The van der Waals surface area contributed by atoms with Gasteiger partial charge in [-0.2, -0.15) is 0 Å². The fourth-order valence-electron chi connectivity index (χ4n) is 3.31. The molecule has 0 aliphatic carbocycles. The van der Waals surface area contributed by atoms with Gasteiger partial charge in [-0.25, -0.2) is 9.97 Å². The van der Waals surface area contributed by atoms with Gasteiger partial charge in [0.25, 0.3) is 0 Å². The number of fused-ring (bicyclic) bond motifs is 2. The van der Waals surface area contributed by atoms with Crippen LogP contribution in [0.15, 0.2) is 42.9 Å². The van der Waals surface area contributed by atoms with Crippen LogP contribution in [0.4, 0.5) is 0 Å². The van der Waals surface area contributed by atoms with E-state index in [9.17, 15) is 4.79 Å². The van der Waals surface area contributed by atoms with Crippen molar-refractivity contribution >= 4 is 27.8 Å². The molecular formula is C22H21N3O5. The normalized spacial score (nSPS) is 11.0. The summed E-state index contributed by atoms with van der Waals surface area (Å²) < 4.78 is 21.6. The van der Waals surface area contributed by atoms with Gasteiger partial charge < -0.3 is 23.9 Å². The quantitative estimate of drug-likeness (QED) is 0.283. The Morgan fingerprint density at radius 1 is 1.03 bits per heavy atom. The Morgan fingerprint density at radius 3 is 2.67 bits per heavy atom. The molecule has 2 aromatic heterocycles. The average Bonchev–Trinajstić information content (AvgIpc) is 3.15. The monoisotopic (exact) mass is 407 g/mol. The number of aromatic amines is 1. The smallest absolute Gasteiger partial charge is 0.308 e. The van der Waals surface area contributed by atoms with Crippen LogP contribution >= 0.6 is 0 Å². The minimum absolute atomic E-state index is 0.371. The van der Waals surface area contributed by atoms with Crippen LogP contribution in [0.1, 0.15) is 6.92 Å². The zero-order valence-electron chi connectivity index (χ0n) is 16.9. The van der Waals surface area contributed by atoms with Crippen LogP contribution in [-0.2, 0) is 9.53 Å². The highest BCUT2D eigenvalue weighted by molar-refractivity contribution is 6.03. The third kappa shape index (κ3) is 3.77. The number of ether oxygens (including phenoxy) is 4. The Morgan fingerprint density at radius 2 is 1.90 bits per heavy atom. The number of aromatic nitrogens is 3. The van der Waals surface area contributed by atoms with Crippen LogP contribution in [0.3, 0.4) is 0 Å². The van der Waals surface area contributed by atoms with Gasteiger partial charge in [-0.1, -0.05) is 0 Å². The van der Waals surface area contributed by atoms with Crippen LogP contribution in [0.5, 0.6) is 17.2 Å². The largest absolute Gasteiger partial charge is 0.493 e. The lowest BCUT2D eigenvalue weighted by molar-refractivity contribution is -0.131. The third-order valence-electron chi connectivity index (χ3n) is 4.64. The Balaban J connectivity index is 1.83. The number of carbonyl (C=O) groups is 1. The van der Waals surface area contributed by atoms with Gasteiger partial charge in [-0.3, -0.25) is 4.79 Å². The summed E-state index contributed by atoms with van der Waals surface area (Å²) in [5.41, 5.74) is 3.22. The Kier molecular flexibility index (Phi) is 5.49. The summed E-state index contributed by atoms with van der Waals surface area (Å²) in [4.78, 5) is 23.5. The fraction of sp³-hybridized carbons (Fsp3) is 0.227. The molecule has 8 nitrogen and oxygen atoms in total. The molecule has 30 heavy (non-hydrogen) atoms. The van der Waals surface area contributed by atoms with E-state index in [2.05, 4.69) is 15.0 Å². The first-order valence-electron chi connectivity index (χ1n) is 9.35. The average molecular weight is 407 g/mol. The van der Waals surface area contributed by atoms with E-state index in [1.54, 1.807) is 20.3 Å². The summed E-state index contributed by atoms with van der Waals surface area (Å²) in [6.45, 7) is 2.24. The second-order valence-electron chi connectivity index (χ2n) is 6.59. The molecule has 0 bridgehead atoms. The van der Waals surface area contributed by atoms with Crippen molar-refractivity contribution in [1.82, 2.24) is 15.0 Å². The van der Waals surface area contributed by atoms with Gasteiger partial charge in [0.2, 0.25) is 0 Å². The highest BCUT2D eigenvalue weighted by Crippen LogP contribution is 2.38. The third-order valence-corrected chi connectivity index (χ3v) is 4.64. The molecule has 1 N–H and O–H groups in total. The molecule has 8 heteroatoms. The zero-order valence-corrected chi connectivity index (χ0v) is 16.9. The van der Waals surface area contributed by atoms with Gasteiger partial charge in [0, 0.05) is 48.1 Å². The lowest BCUT2D eigenvalue weighted by Gasteiger charge is -2.13. The van der Waals surface area contributed by atoms with Gasteiger partial charge in [-0.15, -0.1) is 0 Å². The standard InChI is InChI=1S/C22H21N3O5/c1-13(26)30-14-4-5-18-15(8-14)17(11-23-18)22-16-9-20(28-3)21(29-7-6-27-2)10-19(16)24-12-25-22/h4-5,8-12,23H,6-7H2,1-3H3. The molecule has 0 aliphatic heterocycles. The molecule has 4 rings (SSSR count). The molecule has 0 saturated heterocycles. The maximum Gasteiger partial charge on any atom is 0.308 e. The topological polar surface area (TPSA) is 95.6 Å². The molecule has 4 aromatic rings. The summed E-state index contributed by atoms with van der Waals surface area (Å²) in [7, 11) is 3.21. The van der Waals surface area contributed by atoms with Crippen molar-refractivity contribution in [3.05, 3.63) is 42.9 Å². The molecule has 0 atom stereocenters. The van der Waals surface area contributed by atoms with E-state index < -0.39 is 0 Å². The highest BCUT2D eigenvalue weighted by Gasteiger charge is 2.16. The van der Waals surface area contributed by atoms with Crippen LogP contribution in [0.2, 0.25) is 0 Å². The molecule has 0 spiro atoms. The molecule has 0 fully saturated rings. The van der Waals surface area contributed by atoms with Crippen LogP contribution in [0, 0.1) is 0 Å². The molecule has 0 saturated carbocycles. The molecule has 0 aliphatic rings. The van der Waals surface area contributed by atoms with Gasteiger partial charge in [-0.05, 0) is 24.3 Å². The first-order valence-corrected chi connectivity index (χ1v) is 9.35. The highest BCUT2D eigenvalue weighted by atomic mass is 16.5. The van der Waals surface area contributed by atoms with E-state index in [1.807, 2.05) is 30.5 Å². The molecule has 2 aromatic carbocycles. The maximum absolute atomic E-state index is 11.3. The van der Waals surface area contributed by atoms with E-state index in [1.165, 1.54) is 13.3 Å². The molecular weight excluding hydrogens is 386 g/mol. The predicted molar refractivity (Wildman–Crippen MR) is 112 cm³/mol. The SMILES string of the molecule is COCCOc1cc2ncnc(-c3c[nH]c4ccc(OC(C)=O)cc34)c2cc1OC. The maximum atomic E-state index is 11.3. The van der Waals surface area contributed by atoms with Crippen molar-refractivity contribution in [1.29, 1.82) is 0 Å². The molecule has 154 valence electrons. The Bertz CT molecular complexity index is 1220. The number of rotatable bonds is 7. The number of methoxy groups -OCH3 is 2. The van der Waals surface area contributed by atoms with Crippen LogP contribution in [0.25, 0.3) is 33.1 Å². The number of nitrogens with zero attached hydrogens (tertiary/aromatic N) is 2. The predicted octanol–water partition coefficient (Wildman–Crippen LogP) is 3.74. The number of carbonyl (C=O) groups excluding carboxylic acids is 1. The lowest BCUT2D eigenvalue weighted by atomic mass is 10.0. The minimum Gasteiger partial charge on any atom is -0.493 e. The Hall–Kier alpha value is -3.65. The van der Waals surface area contributed by atoms with Crippen molar-refractivity contribution in [3.63, 3.8) is 0 Å². The van der Waals surface area contributed by atoms with E-state index >= 15 is 0 Å². The number of hydrogen-bond acceptors (Lipinski definition) is 7. The molecule has 0 unspecified atom stereocenters. The number of esters is 1. The number of H-pyrrole nitrogens is 1.